The molecule has 0 spiro atoms. The molecule has 1 aromatic carbocycles. The Morgan fingerprint density at radius 2 is 1.85 bits per heavy atom. The zero-order valence-corrected chi connectivity index (χ0v) is 13.0. The Balaban J connectivity index is 2.31. The van der Waals surface area contributed by atoms with Crippen molar-refractivity contribution < 1.29 is 0 Å². The molecule has 0 amide bonds. The minimum atomic E-state index is 1.06. The van der Waals surface area contributed by atoms with Gasteiger partial charge in [0.25, 0.3) is 0 Å². The third-order valence-electron chi connectivity index (χ3n) is 3.38. The van der Waals surface area contributed by atoms with Crippen LogP contribution in [0.1, 0.15) is 0 Å². The van der Waals surface area contributed by atoms with E-state index in [2.05, 4.69) is 74.1 Å². The molecular weight excluding hydrogens is 265 g/mol. The Morgan fingerprint density at radius 3 is 2.55 bits per heavy atom. The van der Waals surface area contributed by atoms with E-state index in [4.69, 9.17) is 4.98 Å². The normalized spacial score (nSPS) is 12.8. The molecule has 2 aliphatic rings. The number of fused-ring (bicyclic) bond motifs is 2. The number of nitrogens with zero attached hydrogens (tertiary/aromatic N) is 3. The maximum absolute atomic E-state index is 4.75. The van der Waals surface area contributed by atoms with Crippen LogP contribution in [0.25, 0.3) is 20.8 Å². The summed E-state index contributed by atoms with van der Waals surface area (Å²) in [6, 6.07) is 12.8. The van der Waals surface area contributed by atoms with Gasteiger partial charge in [-0.1, -0.05) is 0 Å². The van der Waals surface area contributed by atoms with Gasteiger partial charge in [0.1, 0.15) is 14.1 Å². The molecule has 0 aromatic heterocycles. The smallest absolute Gasteiger partial charge is 0.201 e. The Hall–Kier alpha value is -1.94. The van der Waals surface area contributed by atoms with Gasteiger partial charge in [0.2, 0.25) is 5.36 Å². The number of anilines is 1. The Bertz CT molecular complexity index is 813. The van der Waals surface area contributed by atoms with E-state index in [0.29, 0.717) is 0 Å². The summed E-state index contributed by atoms with van der Waals surface area (Å²) in [6.07, 6.45) is 0. The highest BCUT2D eigenvalue weighted by Gasteiger charge is 2.09. The van der Waals surface area contributed by atoms with Crippen molar-refractivity contribution in [2.45, 2.75) is 0 Å². The van der Waals surface area contributed by atoms with Gasteiger partial charge >= 0.3 is 0 Å². The molecule has 3 rings (SSSR count). The molecule has 4 heteroatoms. The third-order valence-corrected chi connectivity index (χ3v) is 4.47. The first-order valence-electron chi connectivity index (χ1n) is 6.57. The van der Waals surface area contributed by atoms with Gasteiger partial charge < -0.3 is 4.90 Å². The van der Waals surface area contributed by atoms with Crippen LogP contribution in [0, 0.1) is 0 Å². The molecule has 0 atom stereocenters. The molecule has 0 radical (unpaired) electrons. The summed E-state index contributed by atoms with van der Waals surface area (Å²) in [5.74, 6) is 0. The van der Waals surface area contributed by atoms with Crippen molar-refractivity contribution in [1.82, 2.24) is 9.56 Å². The van der Waals surface area contributed by atoms with Crippen LogP contribution in [-0.4, -0.2) is 33.2 Å². The molecular formula is C16H18N3S+. The lowest BCUT2D eigenvalue weighted by Crippen LogP contribution is -2.21. The van der Waals surface area contributed by atoms with Crippen molar-refractivity contribution in [1.29, 1.82) is 0 Å². The first-order chi connectivity index (χ1) is 9.54. The fourth-order valence-corrected chi connectivity index (χ4v) is 3.19. The van der Waals surface area contributed by atoms with Crippen molar-refractivity contribution in [3.05, 3.63) is 41.8 Å². The second-order valence-corrected chi connectivity index (χ2v) is 6.39. The molecule has 102 valence electrons. The predicted molar refractivity (Wildman–Crippen MR) is 87.7 cm³/mol. The first kappa shape index (κ1) is 13.1. The molecule has 0 fully saturated rings. The standard InChI is InChI=1S/C16H18N3S/c1-18(2)11-5-7-13-15(9-11)20-16-10-12(19(3)4)6-8-14(16)17-13/h5-10H,1-4H3/q+1/i1-1. The van der Waals surface area contributed by atoms with Crippen molar-refractivity contribution in [3.63, 3.8) is 0 Å². The molecule has 1 aliphatic heterocycles. The van der Waals surface area contributed by atoms with Gasteiger partial charge in [-0.25, -0.2) is 9.56 Å². The highest BCUT2D eigenvalue weighted by atomic mass is 32.1. The number of benzene rings is 2. The van der Waals surface area contributed by atoms with Crippen LogP contribution >= 0.6 is 11.3 Å². The first-order valence-corrected chi connectivity index (χ1v) is 7.38. The Morgan fingerprint density at radius 1 is 1.05 bits per heavy atom. The van der Waals surface area contributed by atoms with E-state index in [1.54, 1.807) is 11.3 Å². The van der Waals surface area contributed by atoms with Crippen molar-refractivity contribution in [3.8, 4) is 10.6 Å². The summed E-state index contributed by atoms with van der Waals surface area (Å²) in [6.45, 7) is 0. The SMILES string of the molecule is CN(C)c1ccc2nc3ccc(=[N+](C)[11CH3])cc-3sc2c1. The second kappa shape index (κ2) is 4.87. The van der Waals surface area contributed by atoms with Crippen LogP contribution in [0.4, 0.5) is 5.69 Å². The zero-order chi connectivity index (χ0) is 14.3. The molecule has 1 aromatic rings. The van der Waals surface area contributed by atoms with Gasteiger partial charge in [-0.2, -0.15) is 0 Å². The maximum Gasteiger partial charge on any atom is 0.201 e. The number of hydrogen-bond donors (Lipinski definition) is 0. The lowest BCUT2D eigenvalue weighted by molar-refractivity contribution is 0.814. The molecule has 0 saturated carbocycles. The van der Waals surface area contributed by atoms with Crippen LogP contribution in [-0.2, 0) is 0 Å². The predicted octanol–water partition coefficient (Wildman–Crippen LogP) is 2.50. The van der Waals surface area contributed by atoms with Gasteiger partial charge in [-0.15, -0.1) is 11.3 Å². The molecule has 1 heterocycles. The highest BCUT2D eigenvalue weighted by Crippen LogP contribution is 2.31. The van der Waals surface area contributed by atoms with E-state index in [1.807, 2.05) is 0 Å². The van der Waals surface area contributed by atoms with Crippen molar-refractivity contribution in [2.24, 2.45) is 0 Å². The number of rotatable bonds is 1. The molecule has 0 bridgehead atoms. The largest absolute Gasteiger partial charge is 0.378 e. The van der Waals surface area contributed by atoms with E-state index in [0.717, 1.165) is 11.2 Å². The topological polar surface area (TPSA) is 19.1 Å². The minimum Gasteiger partial charge on any atom is -0.378 e. The molecule has 0 unspecified atom stereocenters. The minimum absolute atomic E-state index is 1.06. The van der Waals surface area contributed by atoms with Crippen LogP contribution in [0.15, 0.2) is 36.4 Å². The molecule has 20 heavy (non-hydrogen) atoms. The monoisotopic (exact) mass is 283 g/mol. The van der Waals surface area contributed by atoms with Gasteiger partial charge in [0.15, 0.2) is 0 Å². The van der Waals surface area contributed by atoms with Gasteiger partial charge in [0.05, 0.1) is 20.8 Å². The summed E-state index contributed by atoms with van der Waals surface area (Å²) in [5, 5.41) is 1.21. The average Bonchev–Trinajstić information content (AvgIpc) is 2.43. The van der Waals surface area contributed by atoms with Crippen LogP contribution in [0.3, 0.4) is 0 Å². The Kier molecular flexibility index (Phi) is 3.18. The zero-order valence-electron chi connectivity index (χ0n) is 12.2. The highest BCUT2D eigenvalue weighted by molar-refractivity contribution is 7.21. The van der Waals surface area contributed by atoms with Gasteiger partial charge in [-0.05, 0) is 24.3 Å². The molecule has 3 nitrogen and oxygen atoms in total. The molecule has 0 saturated heterocycles. The van der Waals surface area contributed by atoms with Gasteiger partial charge in [-0.3, -0.25) is 0 Å². The fraction of sp³-hybridized carbons (Fsp3) is 0.250. The van der Waals surface area contributed by atoms with E-state index in [9.17, 15) is 0 Å². The van der Waals surface area contributed by atoms with Crippen LogP contribution in [0.2, 0.25) is 0 Å². The van der Waals surface area contributed by atoms with Gasteiger partial charge in [0, 0.05) is 31.9 Å². The quantitative estimate of drug-likeness (QED) is 0.505. The fourth-order valence-electron chi connectivity index (χ4n) is 2.16. The lowest BCUT2D eigenvalue weighted by Gasteiger charge is -2.13. The second-order valence-electron chi connectivity index (χ2n) is 5.31. The van der Waals surface area contributed by atoms with Crippen LogP contribution in [0.5, 0.6) is 0 Å². The average molecular weight is 283 g/mol. The molecule has 1 aliphatic carbocycles. The van der Waals surface area contributed by atoms with E-state index in [-0.39, 0.29) is 0 Å². The maximum atomic E-state index is 4.75. The summed E-state index contributed by atoms with van der Waals surface area (Å²) >= 11 is 1.80. The summed E-state index contributed by atoms with van der Waals surface area (Å²) in [5.41, 5.74) is 3.33. The summed E-state index contributed by atoms with van der Waals surface area (Å²) in [7, 11) is 8.24. The number of hydrogen-bond acceptors (Lipinski definition) is 3. The van der Waals surface area contributed by atoms with Crippen molar-refractivity contribution >= 4 is 27.2 Å². The van der Waals surface area contributed by atoms with Crippen LogP contribution < -0.4 is 14.8 Å². The Labute approximate surface area is 122 Å². The summed E-state index contributed by atoms with van der Waals surface area (Å²) in [4.78, 5) is 8.09. The number of aromatic nitrogens is 1. The van der Waals surface area contributed by atoms with E-state index in [1.165, 1.54) is 20.6 Å². The van der Waals surface area contributed by atoms with E-state index < -0.39 is 0 Å². The van der Waals surface area contributed by atoms with E-state index >= 15 is 0 Å². The lowest BCUT2D eigenvalue weighted by atomic mass is 10.2. The summed E-state index contributed by atoms with van der Waals surface area (Å²) < 4.78 is 3.34. The van der Waals surface area contributed by atoms with Crippen molar-refractivity contribution in [2.75, 3.05) is 33.1 Å². The molecule has 0 N–H and O–H groups in total. The third kappa shape index (κ3) is 2.27.